The van der Waals surface area contributed by atoms with Gasteiger partial charge in [-0.25, -0.2) is 0 Å². The van der Waals surface area contributed by atoms with Crippen molar-refractivity contribution in [2.24, 2.45) is 5.11 Å². The number of hydrogen-bond acceptors (Lipinski definition) is 2. The second-order valence-electron chi connectivity index (χ2n) is 5.60. The minimum Gasteiger partial charge on any atom is -0.369 e. The maximum atomic E-state index is 8.63. The van der Waals surface area contributed by atoms with E-state index in [9.17, 15) is 0 Å². The number of anilines is 1. The topological polar surface area (TPSA) is 52.0 Å². The molecule has 1 rings (SSSR count). The average Bonchev–Trinajstić information content (AvgIpc) is 2.60. The first-order valence-electron chi connectivity index (χ1n) is 8.42. The second kappa shape index (κ2) is 13.0. The van der Waals surface area contributed by atoms with Crippen LogP contribution in [0.3, 0.4) is 0 Å². The minimum absolute atomic E-state index is 0.0495. The molecule has 0 fully saturated rings. The standard InChI is InChI=1S/C18H26Cl2N4/c1-2-3-6-17(22-23-21)7-4-5-16-8-10-18(11-9-16)24(14-12-19)15-13-20/h4-5,8-11,17H,2-3,6-7,12-15H2,1H3. The number of unbranched alkanes of at least 4 members (excludes halogenated alkanes) is 1. The third kappa shape index (κ3) is 7.96. The van der Waals surface area contributed by atoms with E-state index in [0.29, 0.717) is 11.8 Å². The number of halogens is 2. The molecule has 0 N–H and O–H groups in total. The molecule has 0 spiro atoms. The third-order valence-electron chi connectivity index (χ3n) is 3.79. The smallest absolute Gasteiger partial charge is 0.0408 e. The first kappa shape index (κ1) is 20.7. The van der Waals surface area contributed by atoms with Crippen LogP contribution < -0.4 is 4.90 Å². The Balaban J connectivity index is 2.63. The third-order valence-corrected chi connectivity index (χ3v) is 4.13. The van der Waals surface area contributed by atoms with E-state index in [1.54, 1.807) is 0 Å². The van der Waals surface area contributed by atoms with Crippen LogP contribution in [0.5, 0.6) is 0 Å². The first-order valence-corrected chi connectivity index (χ1v) is 9.49. The maximum Gasteiger partial charge on any atom is 0.0408 e. The molecular weight excluding hydrogens is 343 g/mol. The molecule has 0 aliphatic heterocycles. The molecule has 0 aromatic heterocycles. The summed E-state index contributed by atoms with van der Waals surface area (Å²) in [6, 6.07) is 8.38. The Bertz CT molecular complexity index is 518. The fraction of sp³-hybridized carbons (Fsp3) is 0.556. The van der Waals surface area contributed by atoms with Crippen molar-refractivity contribution in [3.63, 3.8) is 0 Å². The van der Waals surface area contributed by atoms with Gasteiger partial charge >= 0.3 is 0 Å². The lowest BCUT2D eigenvalue weighted by atomic mass is 10.1. The number of hydrogen-bond donors (Lipinski definition) is 0. The number of nitrogens with zero attached hydrogens (tertiary/aromatic N) is 4. The number of rotatable bonds is 12. The predicted octanol–water partition coefficient (Wildman–Crippen LogP) is 6.24. The van der Waals surface area contributed by atoms with Gasteiger partial charge in [-0.05, 0) is 36.1 Å². The molecular formula is C18H26Cl2N4. The summed E-state index contributed by atoms with van der Waals surface area (Å²) in [5, 5.41) is 3.87. The van der Waals surface area contributed by atoms with Gasteiger partial charge in [0.25, 0.3) is 0 Å². The summed E-state index contributed by atoms with van der Waals surface area (Å²) in [5.74, 6) is 1.16. The summed E-state index contributed by atoms with van der Waals surface area (Å²) in [4.78, 5) is 5.12. The summed E-state index contributed by atoms with van der Waals surface area (Å²) in [6.07, 6.45) is 8.07. The van der Waals surface area contributed by atoms with E-state index in [4.69, 9.17) is 28.7 Å². The first-order chi connectivity index (χ1) is 11.7. The molecule has 6 heteroatoms. The van der Waals surface area contributed by atoms with Crippen LogP contribution in [-0.4, -0.2) is 30.9 Å². The zero-order valence-corrected chi connectivity index (χ0v) is 15.8. The SMILES string of the molecule is CCCCC(CC=Cc1ccc(N(CCCl)CCCl)cc1)N=[N+]=[N-]. The van der Waals surface area contributed by atoms with Crippen molar-refractivity contribution in [1.29, 1.82) is 0 Å². The van der Waals surface area contributed by atoms with E-state index in [-0.39, 0.29) is 6.04 Å². The van der Waals surface area contributed by atoms with Crippen LogP contribution in [0.1, 0.15) is 38.2 Å². The van der Waals surface area contributed by atoms with E-state index in [1.807, 2.05) is 0 Å². The average molecular weight is 369 g/mol. The molecule has 0 bridgehead atoms. The molecule has 1 aromatic rings. The van der Waals surface area contributed by atoms with Gasteiger partial charge in [-0.3, -0.25) is 0 Å². The molecule has 0 saturated carbocycles. The van der Waals surface area contributed by atoms with E-state index in [0.717, 1.165) is 50.0 Å². The Labute approximate surface area is 155 Å². The lowest BCUT2D eigenvalue weighted by Gasteiger charge is -2.22. The Morgan fingerprint density at radius 2 is 1.88 bits per heavy atom. The summed E-state index contributed by atoms with van der Waals surface area (Å²) < 4.78 is 0. The van der Waals surface area contributed by atoms with Crippen LogP contribution in [0.4, 0.5) is 5.69 Å². The van der Waals surface area contributed by atoms with Crippen molar-refractivity contribution in [3.05, 3.63) is 46.3 Å². The van der Waals surface area contributed by atoms with Gasteiger partial charge in [0.2, 0.25) is 0 Å². The van der Waals surface area contributed by atoms with Gasteiger partial charge < -0.3 is 4.90 Å². The molecule has 1 unspecified atom stereocenters. The molecule has 0 heterocycles. The van der Waals surface area contributed by atoms with Gasteiger partial charge in [-0.1, -0.05) is 49.2 Å². The zero-order chi connectivity index (χ0) is 17.6. The Hall–Kier alpha value is -1.35. The van der Waals surface area contributed by atoms with Crippen molar-refractivity contribution >= 4 is 35.0 Å². The summed E-state index contributed by atoms with van der Waals surface area (Å²) >= 11 is 11.7. The highest BCUT2D eigenvalue weighted by Gasteiger charge is 2.05. The summed E-state index contributed by atoms with van der Waals surface area (Å²) in [7, 11) is 0. The van der Waals surface area contributed by atoms with Gasteiger partial charge in [0.15, 0.2) is 0 Å². The van der Waals surface area contributed by atoms with Crippen molar-refractivity contribution in [2.75, 3.05) is 29.7 Å². The Morgan fingerprint density at radius 3 is 2.42 bits per heavy atom. The lowest BCUT2D eigenvalue weighted by Crippen LogP contribution is -2.27. The van der Waals surface area contributed by atoms with E-state index < -0.39 is 0 Å². The molecule has 4 nitrogen and oxygen atoms in total. The maximum absolute atomic E-state index is 8.63. The predicted molar refractivity (Wildman–Crippen MR) is 106 cm³/mol. The number of benzene rings is 1. The molecule has 0 aliphatic carbocycles. The van der Waals surface area contributed by atoms with Crippen LogP contribution in [0.15, 0.2) is 35.5 Å². The van der Waals surface area contributed by atoms with Gasteiger partial charge in [0.05, 0.1) is 0 Å². The fourth-order valence-electron chi connectivity index (χ4n) is 2.47. The molecule has 0 aliphatic rings. The second-order valence-corrected chi connectivity index (χ2v) is 6.35. The van der Waals surface area contributed by atoms with Crippen molar-refractivity contribution < 1.29 is 0 Å². The summed E-state index contributed by atoms with van der Waals surface area (Å²) in [5.41, 5.74) is 10.9. The normalized spacial score (nSPS) is 12.1. The molecule has 1 aromatic carbocycles. The number of alkyl halides is 2. The molecule has 24 heavy (non-hydrogen) atoms. The number of azide groups is 1. The monoisotopic (exact) mass is 368 g/mol. The van der Waals surface area contributed by atoms with Crippen LogP contribution in [0.2, 0.25) is 0 Å². The molecule has 0 amide bonds. The van der Waals surface area contributed by atoms with E-state index >= 15 is 0 Å². The zero-order valence-electron chi connectivity index (χ0n) is 14.2. The van der Waals surface area contributed by atoms with Crippen LogP contribution >= 0.6 is 23.2 Å². The van der Waals surface area contributed by atoms with E-state index in [2.05, 4.69) is 58.3 Å². The van der Waals surface area contributed by atoms with Gasteiger partial charge in [-0.2, -0.15) is 0 Å². The van der Waals surface area contributed by atoms with Gasteiger partial charge in [0, 0.05) is 41.5 Å². The lowest BCUT2D eigenvalue weighted by molar-refractivity contribution is 0.580. The fourth-order valence-corrected chi connectivity index (χ4v) is 2.88. The van der Waals surface area contributed by atoms with Gasteiger partial charge in [0.1, 0.15) is 0 Å². The quantitative estimate of drug-likeness (QED) is 0.186. The van der Waals surface area contributed by atoms with Gasteiger partial charge in [-0.15, -0.1) is 23.2 Å². The minimum atomic E-state index is 0.0495. The van der Waals surface area contributed by atoms with Crippen molar-refractivity contribution in [1.82, 2.24) is 0 Å². The van der Waals surface area contributed by atoms with Crippen LogP contribution in [-0.2, 0) is 0 Å². The molecule has 0 saturated heterocycles. The highest BCUT2D eigenvalue weighted by molar-refractivity contribution is 6.18. The van der Waals surface area contributed by atoms with Crippen molar-refractivity contribution in [3.8, 4) is 0 Å². The summed E-state index contributed by atoms with van der Waals surface area (Å²) in [6.45, 7) is 3.71. The largest absolute Gasteiger partial charge is 0.369 e. The van der Waals surface area contributed by atoms with E-state index in [1.165, 1.54) is 0 Å². The molecule has 0 radical (unpaired) electrons. The van der Waals surface area contributed by atoms with Crippen molar-refractivity contribution in [2.45, 2.75) is 38.6 Å². The highest BCUT2D eigenvalue weighted by Crippen LogP contribution is 2.17. The highest BCUT2D eigenvalue weighted by atomic mass is 35.5. The van der Waals surface area contributed by atoms with Crippen LogP contribution in [0, 0.1) is 0 Å². The Morgan fingerprint density at radius 1 is 1.21 bits per heavy atom. The molecule has 132 valence electrons. The molecule has 1 atom stereocenters. The van der Waals surface area contributed by atoms with Crippen LogP contribution in [0.25, 0.3) is 16.5 Å². The Kier molecular flexibility index (Phi) is 11.2.